The van der Waals surface area contributed by atoms with E-state index in [9.17, 15) is 9.59 Å². The first-order valence-corrected chi connectivity index (χ1v) is 9.18. The third-order valence-electron chi connectivity index (χ3n) is 3.73. The molecule has 0 saturated carbocycles. The molecule has 1 aromatic heterocycles. The van der Waals surface area contributed by atoms with Gasteiger partial charge in [0.2, 0.25) is 5.91 Å². The predicted molar refractivity (Wildman–Crippen MR) is 107 cm³/mol. The van der Waals surface area contributed by atoms with Crippen molar-refractivity contribution in [2.45, 2.75) is 0 Å². The molecule has 0 radical (unpaired) electrons. The van der Waals surface area contributed by atoms with Gasteiger partial charge in [-0.05, 0) is 42.0 Å². The zero-order chi connectivity index (χ0) is 18.5. The quantitative estimate of drug-likeness (QED) is 0.688. The van der Waals surface area contributed by atoms with Crippen LogP contribution in [0.15, 0.2) is 66.7 Å². The predicted octanol–water partition coefficient (Wildman–Crippen LogP) is 4.78. The number of rotatable bonds is 5. The number of nitrogens with zero attached hydrogens (tertiary/aromatic N) is 1. The van der Waals surface area contributed by atoms with Crippen LogP contribution in [-0.4, -0.2) is 30.3 Å². The molecule has 0 bridgehead atoms. The highest BCUT2D eigenvalue weighted by Gasteiger charge is 2.17. The van der Waals surface area contributed by atoms with E-state index >= 15 is 0 Å². The van der Waals surface area contributed by atoms with Gasteiger partial charge in [0.15, 0.2) is 0 Å². The van der Waals surface area contributed by atoms with Crippen LogP contribution in [0.25, 0.3) is 10.4 Å². The Morgan fingerprint density at radius 1 is 1.00 bits per heavy atom. The second-order valence-electron chi connectivity index (χ2n) is 5.75. The third kappa shape index (κ3) is 4.50. The largest absolute Gasteiger partial charge is 0.332 e. The van der Waals surface area contributed by atoms with Gasteiger partial charge < -0.3 is 10.2 Å². The molecule has 2 aromatic carbocycles. The Balaban J connectivity index is 1.63. The zero-order valence-electron chi connectivity index (χ0n) is 14.1. The number of hydrogen-bond acceptors (Lipinski definition) is 3. The lowest BCUT2D eigenvalue weighted by Crippen LogP contribution is -2.34. The number of para-hydroxylation sites is 1. The molecule has 2 amide bonds. The van der Waals surface area contributed by atoms with Crippen molar-refractivity contribution in [1.29, 1.82) is 0 Å². The maximum absolute atomic E-state index is 12.6. The summed E-state index contributed by atoms with van der Waals surface area (Å²) in [7, 11) is 1.62. The molecule has 3 aromatic rings. The minimum Gasteiger partial charge on any atom is -0.332 e. The molecule has 4 nitrogen and oxygen atoms in total. The molecule has 0 spiro atoms. The number of amides is 2. The fraction of sp³-hybridized carbons (Fsp3) is 0.100. The van der Waals surface area contributed by atoms with E-state index < -0.39 is 0 Å². The third-order valence-corrected chi connectivity index (χ3v) is 5.10. The molecule has 0 aliphatic heterocycles. The minimum absolute atomic E-state index is 0.0120. The van der Waals surface area contributed by atoms with Crippen LogP contribution in [0.4, 0.5) is 5.69 Å². The van der Waals surface area contributed by atoms with E-state index in [1.165, 1.54) is 16.2 Å². The number of anilines is 1. The lowest BCUT2D eigenvalue weighted by molar-refractivity contribution is -0.116. The summed E-state index contributed by atoms with van der Waals surface area (Å²) in [4.78, 5) is 27.6. The Kier molecular flexibility index (Phi) is 5.71. The fourth-order valence-electron chi connectivity index (χ4n) is 2.42. The lowest BCUT2D eigenvalue weighted by atomic mass is 10.2. The molecule has 0 unspecified atom stereocenters. The topological polar surface area (TPSA) is 49.4 Å². The molecule has 0 fully saturated rings. The van der Waals surface area contributed by atoms with Crippen molar-refractivity contribution in [3.8, 4) is 10.4 Å². The fourth-order valence-corrected chi connectivity index (χ4v) is 3.55. The van der Waals surface area contributed by atoms with Crippen LogP contribution in [-0.2, 0) is 4.79 Å². The molecule has 3 rings (SSSR count). The summed E-state index contributed by atoms with van der Waals surface area (Å²) < 4.78 is 0. The van der Waals surface area contributed by atoms with Gasteiger partial charge in [0.1, 0.15) is 0 Å². The molecular formula is C20H17ClN2O2S. The molecular weight excluding hydrogens is 368 g/mol. The molecule has 0 aliphatic carbocycles. The van der Waals surface area contributed by atoms with E-state index in [1.807, 2.05) is 48.5 Å². The second-order valence-corrected chi connectivity index (χ2v) is 7.27. The maximum atomic E-state index is 12.6. The van der Waals surface area contributed by atoms with Crippen molar-refractivity contribution >= 4 is 40.4 Å². The molecule has 0 atom stereocenters. The number of halogens is 1. The summed E-state index contributed by atoms with van der Waals surface area (Å²) in [5, 5.41) is 3.45. The van der Waals surface area contributed by atoms with E-state index in [2.05, 4.69) is 5.32 Å². The van der Waals surface area contributed by atoms with Crippen LogP contribution in [0.5, 0.6) is 0 Å². The monoisotopic (exact) mass is 384 g/mol. The number of benzene rings is 2. The van der Waals surface area contributed by atoms with Crippen LogP contribution in [0, 0.1) is 0 Å². The van der Waals surface area contributed by atoms with Gasteiger partial charge in [0.25, 0.3) is 5.91 Å². The summed E-state index contributed by atoms with van der Waals surface area (Å²) in [6.45, 7) is -0.0120. The van der Waals surface area contributed by atoms with E-state index in [0.717, 1.165) is 10.4 Å². The van der Waals surface area contributed by atoms with Gasteiger partial charge in [-0.25, -0.2) is 0 Å². The Hall–Kier alpha value is -2.63. The first kappa shape index (κ1) is 18.2. The van der Waals surface area contributed by atoms with E-state index in [-0.39, 0.29) is 18.4 Å². The van der Waals surface area contributed by atoms with Gasteiger partial charge >= 0.3 is 0 Å². The number of carbonyl (C=O) groups is 2. The Morgan fingerprint density at radius 2 is 1.69 bits per heavy atom. The minimum atomic E-state index is -0.235. The van der Waals surface area contributed by atoms with Crippen LogP contribution in [0.1, 0.15) is 9.67 Å². The van der Waals surface area contributed by atoms with Gasteiger partial charge in [0, 0.05) is 22.6 Å². The van der Waals surface area contributed by atoms with Crippen molar-refractivity contribution in [3.63, 3.8) is 0 Å². The molecule has 1 heterocycles. The maximum Gasteiger partial charge on any atom is 0.264 e. The van der Waals surface area contributed by atoms with Gasteiger partial charge in [0.05, 0.1) is 11.4 Å². The highest BCUT2D eigenvalue weighted by Crippen LogP contribution is 2.29. The average Bonchev–Trinajstić information content (AvgIpc) is 3.12. The number of carbonyl (C=O) groups excluding carboxylic acids is 2. The SMILES string of the molecule is CN(CC(=O)Nc1ccccc1)C(=O)c1ccc(-c2ccc(Cl)cc2)s1. The number of likely N-dealkylation sites (N-methyl/N-ethyl adjacent to an activating group) is 1. The standard InChI is InChI=1S/C20H17ClN2O2S/c1-23(13-19(24)22-16-5-3-2-4-6-16)20(25)18-12-11-17(26-18)14-7-9-15(21)10-8-14/h2-12H,13H2,1H3,(H,22,24). The molecule has 132 valence electrons. The number of nitrogens with one attached hydrogen (secondary N) is 1. The van der Waals surface area contributed by atoms with Gasteiger partial charge in [-0.15, -0.1) is 11.3 Å². The first-order valence-electron chi connectivity index (χ1n) is 7.99. The van der Waals surface area contributed by atoms with Gasteiger partial charge in [-0.3, -0.25) is 9.59 Å². The van der Waals surface area contributed by atoms with E-state index in [1.54, 1.807) is 25.2 Å². The van der Waals surface area contributed by atoms with Crippen molar-refractivity contribution in [3.05, 3.63) is 76.6 Å². The van der Waals surface area contributed by atoms with Crippen LogP contribution in [0.3, 0.4) is 0 Å². The second kappa shape index (κ2) is 8.17. The summed E-state index contributed by atoms with van der Waals surface area (Å²) in [6, 6.07) is 20.3. The van der Waals surface area contributed by atoms with Gasteiger partial charge in [-0.1, -0.05) is 41.9 Å². The lowest BCUT2D eigenvalue weighted by Gasteiger charge is -2.15. The smallest absolute Gasteiger partial charge is 0.264 e. The van der Waals surface area contributed by atoms with Crippen molar-refractivity contribution in [1.82, 2.24) is 4.90 Å². The van der Waals surface area contributed by atoms with Crippen LogP contribution < -0.4 is 5.32 Å². The van der Waals surface area contributed by atoms with E-state index in [0.29, 0.717) is 15.6 Å². The van der Waals surface area contributed by atoms with Crippen LogP contribution in [0.2, 0.25) is 5.02 Å². The summed E-state index contributed by atoms with van der Waals surface area (Å²) in [6.07, 6.45) is 0. The Morgan fingerprint density at radius 3 is 2.38 bits per heavy atom. The van der Waals surface area contributed by atoms with Crippen molar-refractivity contribution < 1.29 is 9.59 Å². The van der Waals surface area contributed by atoms with Crippen LogP contribution >= 0.6 is 22.9 Å². The molecule has 26 heavy (non-hydrogen) atoms. The highest BCUT2D eigenvalue weighted by atomic mass is 35.5. The van der Waals surface area contributed by atoms with Crippen molar-refractivity contribution in [2.75, 3.05) is 18.9 Å². The summed E-state index contributed by atoms with van der Waals surface area (Å²) in [5.41, 5.74) is 1.71. The molecule has 0 saturated heterocycles. The summed E-state index contributed by atoms with van der Waals surface area (Å²) in [5.74, 6) is -0.417. The Bertz CT molecular complexity index is 907. The van der Waals surface area contributed by atoms with Gasteiger partial charge in [-0.2, -0.15) is 0 Å². The number of thiophene rings is 1. The average molecular weight is 385 g/mol. The van der Waals surface area contributed by atoms with E-state index in [4.69, 9.17) is 11.6 Å². The number of hydrogen-bond donors (Lipinski definition) is 1. The Labute approximate surface area is 161 Å². The summed E-state index contributed by atoms with van der Waals surface area (Å²) >= 11 is 7.30. The first-order chi connectivity index (χ1) is 12.5. The molecule has 0 aliphatic rings. The zero-order valence-corrected chi connectivity index (χ0v) is 15.7. The molecule has 1 N–H and O–H groups in total. The molecule has 6 heteroatoms. The van der Waals surface area contributed by atoms with Crippen molar-refractivity contribution in [2.24, 2.45) is 0 Å². The normalized spacial score (nSPS) is 10.4. The highest BCUT2D eigenvalue weighted by molar-refractivity contribution is 7.17.